The van der Waals surface area contributed by atoms with Crippen molar-refractivity contribution in [2.75, 3.05) is 47.9 Å². The van der Waals surface area contributed by atoms with Crippen LogP contribution in [0.1, 0.15) is 5.56 Å². The van der Waals surface area contributed by atoms with Crippen molar-refractivity contribution in [2.24, 2.45) is 4.99 Å². The fourth-order valence-electron chi connectivity index (χ4n) is 4.14. The number of carbonyl (C=O) groups excluding carboxylic acids is 1. The van der Waals surface area contributed by atoms with Gasteiger partial charge < -0.3 is 15.1 Å². The molecule has 1 N–H and O–H groups in total. The zero-order chi connectivity index (χ0) is 22.1. The van der Waals surface area contributed by atoms with E-state index in [4.69, 9.17) is 0 Å². The number of fused-ring (bicyclic) bond motifs is 1. The molecule has 0 saturated carbocycles. The van der Waals surface area contributed by atoms with Crippen LogP contribution in [0.5, 0.6) is 0 Å². The van der Waals surface area contributed by atoms with Gasteiger partial charge in [-0.05, 0) is 23.8 Å². The third-order valence-corrected chi connectivity index (χ3v) is 8.99. The van der Waals surface area contributed by atoms with Gasteiger partial charge in [-0.25, -0.2) is 18.4 Å². The van der Waals surface area contributed by atoms with Gasteiger partial charge in [0.1, 0.15) is 0 Å². The predicted molar refractivity (Wildman–Crippen MR) is 126 cm³/mol. The number of carbonyl (C=O) groups is 1. The first-order chi connectivity index (χ1) is 15.4. The molecule has 3 aliphatic rings. The molecule has 2 saturated heterocycles. The van der Waals surface area contributed by atoms with Crippen molar-refractivity contribution >= 4 is 44.3 Å². The normalized spacial score (nSPS) is 24.2. The molecule has 0 spiro atoms. The summed E-state index contributed by atoms with van der Waals surface area (Å²) >= 11 is 1.50. The maximum atomic E-state index is 12.7. The SMILES string of the molecule is O=C(Cc1ccc(NC2=N[C@@H]3CS(=O)(=O)C[C@H]3S2)cc1)N1CCN(c2ncccn2)CC1. The minimum absolute atomic E-state index is 0.0216. The second-order valence-corrected chi connectivity index (χ2v) is 11.5. The van der Waals surface area contributed by atoms with E-state index in [1.807, 2.05) is 29.2 Å². The number of benzene rings is 1. The monoisotopic (exact) mass is 472 g/mol. The van der Waals surface area contributed by atoms with Gasteiger partial charge in [-0.1, -0.05) is 23.9 Å². The van der Waals surface area contributed by atoms with E-state index in [-0.39, 0.29) is 28.7 Å². The molecule has 32 heavy (non-hydrogen) atoms. The van der Waals surface area contributed by atoms with E-state index in [1.165, 1.54) is 11.8 Å². The van der Waals surface area contributed by atoms with Gasteiger partial charge in [0.05, 0.1) is 24.0 Å². The minimum atomic E-state index is -2.95. The van der Waals surface area contributed by atoms with Crippen LogP contribution in [0.25, 0.3) is 0 Å². The topological polar surface area (TPSA) is 108 Å². The van der Waals surface area contributed by atoms with Gasteiger partial charge in [0, 0.05) is 49.5 Å². The highest BCUT2D eigenvalue weighted by atomic mass is 32.2. The summed E-state index contributed by atoms with van der Waals surface area (Å²) in [4.78, 5) is 29.8. The van der Waals surface area contributed by atoms with E-state index in [0.717, 1.165) is 29.5 Å². The van der Waals surface area contributed by atoms with Gasteiger partial charge in [-0.3, -0.25) is 9.79 Å². The minimum Gasteiger partial charge on any atom is -0.339 e. The molecule has 3 aliphatic heterocycles. The number of thioether (sulfide) groups is 1. The molecule has 4 heterocycles. The number of aromatic nitrogens is 2. The predicted octanol–water partition coefficient (Wildman–Crippen LogP) is 1.05. The van der Waals surface area contributed by atoms with E-state index >= 15 is 0 Å². The van der Waals surface area contributed by atoms with Crippen LogP contribution in [0.15, 0.2) is 47.7 Å². The first kappa shape index (κ1) is 21.2. The van der Waals surface area contributed by atoms with Crippen LogP contribution in [0.3, 0.4) is 0 Å². The molecule has 2 atom stereocenters. The Kier molecular flexibility index (Phi) is 5.76. The molecule has 9 nitrogen and oxygen atoms in total. The first-order valence-electron chi connectivity index (χ1n) is 10.6. The summed E-state index contributed by atoms with van der Waals surface area (Å²) in [5.74, 6) is 1.16. The standard InChI is InChI=1S/C21H24N6O3S2/c28-19(26-8-10-27(11-9-26)20-22-6-1-7-23-20)12-15-2-4-16(5-3-15)24-21-25-17-13-32(29,30)14-18(17)31-21/h1-7,17-18H,8-14H2,(H,24,25)/t17-,18-/m1/s1. The number of nitrogens with one attached hydrogen (secondary N) is 1. The van der Waals surface area contributed by atoms with E-state index < -0.39 is 9.84 Å². The molecule has 1 amide bonds. The summed E-state index contributed by atoms with van der Waals surface area (Å²) in [6.45, 7) is 2.76. The molecule has 0 bridgehead atoms. The molecule has 1 aromatic heterocycles. The molecule has 1 aromatic carbocycles. The number of nitrogens with zero attached hydrogens (tertiary/aromatic N) is 5. The first-order valence-corrected chi connectivity index (χ1v) is 13.3. The lowest BCUT2D eigenvalue weighted by Crippen LogP contribution is -2.49. The van der Waals surface area contributed by atoms with E-state index in [2.05, 4.69) is 25.2 Å². The molecule has 2 aromatic rings. The number of sulfone groups is 1. The third kappa shape index (κ3) is 4.73. The van der Waals surface area contributed by atoms with Gasteiger partial charge in [0.15, 0.2) is 15.0 Å². The Morgan fingerprint density at radius 2 is 1.78 bits per heavy atom. The average Bonchev–Trinajstić information content (AvgIpc) is 3.28. The Morgan fingerprint density at radius 1 is 1.06 bits per heavy atom. The summed E-state index contributed by atoms with van der Waals surface area (Å²) in [6, 6.07) is 9.40. The van der Waals surface area contributed by atoms with Crippen LogP contribution in [0, 0.1) is 0 Å². The van der Waals surface area contributed by atoms with Gasteiger partial charge in [0.2, 0.25) is 11.9 Å². The van der Waals surface area contributed by atoms with Crippen molar-refractivity contribution in [3.05, 3.63) is 48.3 Å². The van der Waals surface area contributed by atoms with Crippen LogP contribution in [0.4, 0.5) is 11.6 Å². The fraction of sp³-hybridized carbons (Fsp3) is 0.429. The molecule has 0 aliphatic carbocycles. The molecule has 11 heteroatoms. The van der Waals surface area contributed by atoms with Crippen molar-refractivity contribution in [1.29, 1.82) is 0 Å². The van der Waals surface area contributed by atoms with Gasteiger partial charge in [-0.2, -0.15) is 0 Å². The molecule has 0 radical (unpaired) electrons. The Bertz CT molecular complexity index is 1120. The highest BCUT2D eigenvalue weighted by Crippen LogP contribution is 2.34. The van der Waals surface area contributed by atoms with E-state index in [0.29, 0.717) is 25.5 Å². The number of hydrogen-bond acceptors (Lipinski definition) is 9. The highest BCUT2D eigenvalue weighted by Gasteiger charge is 2.42. The Labute approximate surface area is 191 Å². The summed E-state index contributed by atoms with van der Waals surface area (Å²) in [6.07, 6.45) is 3.82. The summed E-state index contributed by atoms with van der Waals surface area (Å²) in [7, 11) is -2.95. The molecule has 5 rings (SSSR count). The third-order valence-electron chi connectivity index (χ3n) is 5.85. The highest BCUT2D eigenvalue weighted by molar-refractivity contribution is 8.15. The number of piperazine rings is 1. The number of aliphatic imine (C=N–C) groups is 1. The number of anilines is 2. The lowest BCUT2D eigenvalue weighted by molar-refractivity contribution is -0.130. The second-order valence-electron chi connectivity index (χ2n) is 8.15. The van der Waals surface area contributed by atoms with Gasteiger partial charge in [-0.15, -0.1) is 0 Å². The van der Waals surface area contributed by atoms with Crippen molar-refractivity contribution < 1.29 is 13.2 Å². The van der Waals surface area contributed by atoms with E-state index in [1.54, 1.807) is 18.5 Å². The van der Waals surface area contributed by atoms with Crippen LogP contribution in [0.2, 0.25) is 0 Å². The van der Waals surface area contributed by atoms with Crippen molar-refractivity contribution in [3.63, 3.8) is 0 Å². The smallest absolute Gasteiger partial charge is 0.227 e. The molecule has 168 valence electrons. The van der Waals surface area contributed by atoms with E-state index in [9.17, 15) is 13.2 Å². The lowest BCUT2D eigenvalue weighted by Gasteiger charge is -2.34. The summed E-state index contributed by atoms with van der Waals surface area (Å²) < 4.78 is 23.4. The number of amidine groups is 1. The quantitative estimate of drug-likeness (QED) is 0.704. The lowest BCUT2D eigenvalue weighted by atomic mass is 10.1. The number of rotatable bonds is 4. The Balaban J connectivity index is 1.12. The van der Waals surface area contributed by atoms with Crippen LogP contribution < -0.4 is 10.2 Å². The molecular weight excluding hydrogens is 448 g/mol. The van der Waals surface area contributed by atoms with Crippen LogP contribution in [-0.4, -0.2) is 83.3 Å². The Morgan fingerprint density at radius 3 is 2.47 bits per heavy atom. The molecule has 2 fully saturated rings. The van der Waals surface area contributed by atoms with Crippen LogP contribution in [-0.2, 0) is 21.1 Å². The number of hydrogen-bond donors (Lipinski definition) is 1. The maximum Gasteiger partial charge on any atom is 0.227 e. The average molecular weight is 473 g/mol. The fourth-order valence-corrected chi connectivity index (χ4v) is 7.82. The molecule has 0 unspecified atom stereocenters. The zero-order valence-electron chi connectivity index (χ0n) is 17.4. The largest absolute Gasteiger partial charge is 0.339 e. The summed E-state index contributed by atoms with van der Waals surface area (Å²) in [5, 5.41) is 4.05. The van der Waals surface area contributed by atoms with Gasteiger partial charge in [0.25, 0.3) is 0 Å². The second kappa shape index (κ2) is 8.70. The zero-order valence-corrected chi connectivity index (χ0v) is 19.1. The van der Waals surface area contributed by atoms with Crippen molar-refractivity contribution in [2.45, 2.75) is 17.7 Å². The number of amides is 1. The summed E-state index contributed by atoms with van der Waals surface area (Å²) in [5.41, 5.74) is 1.84. The van der Waals surface area contributed by atoms with Crippen LogP contribution >= 0.6 is 11.8 Å². The maximum absolute atomic E-state index is 12.7. The van der Waals surface area contributed by atoms with Gasteiger partial charge >= 0.3 is 0 Å². The van der Waals surface area contributed by atoms with Crippen molar-refractivity contribution in [3.8, 4) is 0 Å². The Hall–Kier alpha value is -2.66. The molecular formula is C21H24N6O3S2. The van der Waals surface area contributed by atoms with Crippen molar-refractivity contribution in [1.82, 2.24) is 14.9 Å².